The summed E-state index contributed by atoms with van der Waals surface area (Å²) in [6, 6.07) is 14.1. The van der Waals surface area contributed by atoms with Crippen LogP contribution in [0.1, 0.15) is 0 Å². The maximum Gasteiger partial charge on any atom is 0.319 e. The van der Waals surface area contributed by atoms with Gasteiger partial charge in [0.15, 0.2) is 0 Å². The van der Waals surface area contributed by atoms with Crippen LogP contribution in [0, 0.1) is 0 Å². The predicted octanol–water partition coefficient (Wildman–Crippen LogP) is 4.74. The van der Waals surface area contributed by atoms with E-state index in [2.05, 4.69) is 15.6 Å². The zero-order valence-corrected chi connectivity index (χ0v) is 14.6. The van der Waals surface area contributed by atoms with Gasteiger partial charge in [-0.15, -0.1) is 0 Å². The number of anilines is 1. The van der Waals surface area contributed by atoms with Crippen molar-refractivity contribution in [1.82, 2.24) is 10.3 Å². The van der Waals surface area contributed by atoms with Gasteiger partial charge >= 0.3 is 6.03 Å². The second-order valence-corrected chi connectivity index (χ2v) is 6.00. The van der Waals surface area contributed by atoms with Crippen LogP contribution in [-0.2, 0) is 0 Å². The standard InChI is InChI=1S/C18H15Cl2N3O2/c19-14-4-1-5-15(20)17(14)23-18(24)22-9-10-25-13-6-7-16-12(11-13)3-2-8-21-16/h1-8,11H,9-10H2,(H2,22,23,24). The molecule has 2 aromatic carbocycles. The van der Waals surface area contributed by atoms with Gasteiger partial charge in [-0.2, -0.15) is 0 Å². The van der Waals surface area contributed by atoms with Crippen molar-refractivity contribution < 1.29 is 9.53 Å². The highest BCUT2D eigenvalue weighted by Gasteiger charge is 2.08. The number of ether oxygens (including phenoxy) is 1. The fourth-order valence-corrected chi connectivity index (χ4v) is 2.74. The van der Waals surface area contributed by atoms with Crippen molar-refractivity contribution in [2.24, 2.45) is 0 Å². The number of pyridine rings is 1. The third-order valence-electron chi connectivity index (χ3n) is 3.43. The molecule has 0 saturated heterocycles. The molecule has 0 atom stereocenters. The van der Waals surface area contributed by atoms with E-state index in [4.69, 9.17) is 27.9 Å². The average molecular weight is 376 g/mol. The number of para-hydroxylation sites is 1. The minimum absolute atomic E-state index is 0.329. The quantitative estimate of drug-likeness (QED) is 0.632. The monoisotopic (exact) mass is 375 g/mol. The molecule has 128 valence electrons. The number of aromatic nitrogens is 1. The maximum absolute atomic E-state index is 11.9. The van der Waals surface area contributed by atoms with Crippen LogP contribution in [0.3, 0.4) is 0 Å². The smallest absolute Gasteiger partial charge is 0.319 e. The largest absolute Gasteiger partial charge is 0.492 e. The van der Waals surface area contributed by atoms with E-state index in [0.717, 1.165) is 16.7 Å². The van der Waals surface area contributed by atoms with Crippen molar-refractivity contribution in [3.05, 3.63) is 64.8 Å². The number of amides is 2. The highest BCUT2D eigenvalue weighted by atomic mass is 35.5. The van der Waals surface area contributed by atoms with Crippen molar-refractivity contribution >= 4 is 45.8 Å². The van der Waals surface area contributed by atoms with Crippen molar-refractivity contribution in [3.63, 3.8) is 0 Å². The van der Waals surface area contributed by atoms with Gasteiger partial charge in [0.1, 0.15) is 12.4 Å². The lowest BCUT2D eigenvalue weighted by Gasteiger charge is -2.11. The van der Waals surface area contributed by atoms with Crippen LogP contribution in [0.4, 0.5) is 10.5 Å². The molecule has 7 heteroatoms. The molecule has 0 aliphatic heterocycles. The van der Waals surface area contributed by atoms with Gasteiger partial charge in [0, 0.05) is 11.6 Å². The van der Waals surface area contributed by atoms with Crippen LogP contribution in [0.15, 0.2) is 54.7 Å². The summed E-state index contributed by atoms with van der Waals surface area (Å²) in [5.74, 6) is 0.719. The number of fused-ring (bicyclic) bond motifs is 1. The summed E-state index contributed by atoms with van der Waals surface area (Å²) in [7, 11) is 0. The fourth-order valence-electron chi connectivity index (χ4n) is 2.25. The summed E-state index contributed by atoms with van der Waals surface area (Å²) < 4.78 is 5.64. The number of nitrogens with zero attached hydrogens (tertiary/aromatic N) is 1. The lowest BCUT2D eigenvalue weighted by atomic mass is 10.2. The summed E-state index contributed by atoms with van der Waals surface area (Å²) in [6.07, 6.45) is 1.75. The van der Waals surface area contributed by atoms with E-state index in [1.165, 1.54) is 0 Å². The number of urea groups is 1. The zero-order valence-electron chi connectivity index (χ0n) is 13.1. The van der Waals surface area contributed by atoms with E-state index in [9.17, 15) is 4.79 Å². The average Bonchev–Trinajstić information content (AvgIpc) is 2.62. The van der Waals surface area contributed by atoms with Crippen LogP contribution in [0.5, 0.6) is 5.75 Å². The van der Waals surface area contributed by atoms with Gasteiger partial charge in [0.25, 0.3) is 0 Å². The van der Waals surface area contributed by atoms with Crippen molar-refractivity contribution in [1.29, 1.82) is 0 Å². The first kappa shape index (κ1) is 17.3. The Kier molecular flexibility index (Phi) is 5.58. The van der Waals surface area contributed by atoms with Crippen LogP contribution in [0.25, 0.3) is 10.9 Å². The molecule has 0 bridgehead atoms. The molecule has 0 radical (unpaired) electrons. The zero-order chi connectivity index (χ0) is 17.6. The molecule has 25 heavy (non-hydrogen) atoms. The minimum Gasteiger partial charge on any atom is -0.492 e. The fraction of sp³-hybridized carbons (Fsp3) is 0.111. The maximum atomic E-state index is 11.9. The molecule has 2 N–H and O–H groups in total. The Labute approximate surface area is 154 Å². The van der Waals surface area contributed by atoms with Gasteiger partial charge in [-0.1, -0.05) is 35.3 Å². The molecular weight excluding hydrogens is 361 g/mol. The number of benzene rings is 2. The minimum atomic E-state index is -0.402. The number of hydrogen-bond acceptors (Lipinski definition) is 3. The molecule has 1 heterocycles. The van der Waals surface area contributed by atoms with Crippen LogP contribution >= 0.6 is 23.2 Å². The number of hydrogen-bond donors (Lipinski definition) is 2. The predicted molar refractivity (Wildman–Crippen MR) is 101 cm³/mol. The molecule has 0 spiro atoms. The molecule has 0 unspecified atom stereocenters. The Bertz CT molecular complexity index is 882. The first-order chi connectivity index (χ1) is 12.1. The molecular formula is C18H15Cl2N3O2. The number of carbonyl (C=O) groups is 1. The first-order valence-electron chi connectivity index (χ1n) is 7.60. The van der Waals surface area contributed by atoms with Crippen molar-refractivity contribution in [3.8, 4) is 5.75 Å². The molecule has 3 rings (SSSR count). The number of rotatable bonds is 5. The highest BCUT2D eigenvalue weighted by molar-refractivity contribution is 6.39. The molecule has 3 aromatic rings. The Morgan fingerprint density at radius 3 is 2.68 bits per heavy atom. The number of nitrogens with one attached hydrogen (secondary N) is 2. The molecule has 0 saturated carbocycles. The van der Waals surface area contributed by atoms with E-state index < -0.39 is 6.03 Å². The van der Waals surface area contributed by atoms with Crippen LogP contribution < -0.4 is 15.4 Å². The SMILES string of the molecule is O=C(NCCOc1ccc2ncccc2c1)Nc1c(Cl)cccc1Cl. The van der Waals surface area contributed by atoms with Gasteiger partial charge in [0.05, 0.1) is 27.8 Å². The normalized spacial score (nSPS) is 10.5. The van der Waals surface area contributed by atoms with Crippen molar-refractivity contribution in [2.45, 2.75) is 0 Å². The topological polar surface area (TPSA) is 63.2 Å². The lowest BCUT2D eigenvalue weighted by molar-refractivity contribution is 0.247. The van der Waals surface area contributed by atoms with Gasteiger partial charge < -0.3 is 15.4 Å². The Hall–Kier alpha value is -2.50. The van der Waals surface area contributed by atoms with Crippen LogP contribution in [0.2, 0.25) is 10.0 Å². The summed E-state index contributed by atoms with van der Waals surface area (Å²) in [6.45, 7) is 0.661. The van der Waals surface area contributed by atoms with Gasteiger partial charge in [-0.3, -0.25) is 4.98 Å². The Balaban J connectivity index is 1.48. The molecule has 0 aliphatic rings. The van der Waals surface area contributed by atoms with Crippen molar-refractivity contribution in [2.75, 3.05) is 18.5 Å². The van der Waals surface area contributed by atoms with E-state index >= 15 is 0 Å². The van der Waals surface area contributed by atoms with E-state index in [0.29, 0.717) is 28.9 Å². The third kappa shape index (κ3) is 4.53. The summed E-state index contributed by atoms with van der Waals surface area (Å²) in [5.41, 5.74) is 1.29. The lowest BCUT2D eigenvalue weighted by Crippen LogP contribution is -2.32. The number of halogens is 2. The Morgan fingerprint density at radius 2 is 1.88 bits per heavy atom. The van der Waals surface area contributed by atoms with Gasteiger partial charge in [-0.05, 0) is 36.4 Å². The van der Waals surface area contributed by atoms with Gasteiger partial charge in [-0.25, -0.2) is 4.79 Å². The third-order valence-corrected chi connectivity index (χ3v) is 4.06. The second kappa shape index (κ2) is 8.05. The second-order valence-electron chi connectivity index (χ2n) is 5.18. The van der Waals surface area contributed by atoms with Crippen LogP contribution in [-0.4, -0.2) is 24.2 Å². The van der Waals surface area contributed by atoms with E-state index in [-0.39, 0.29) is 0 Å². The number of carbonyl (C=O) groups excluding carboxylic acids is 1. The molecule has 2 amide bonds. The van der Waals surface area contributed by atoms with Gasteiger partial charge in [0.2, 0.25) is 0 Å². The van der Waals surface area contributed by atoms with E-state index in [1.807, 2.05) is 30.3 Å². The first-order valence-corrected chi connectivity index (χ1v) is 8.35. The molecule has 0 aliphatic carbocycles. The molecule has 5 nitrogen and oxygen atoms in total. The summed E-state index contributed by atoms with van der Waals surface area (Å²) >= 11 is 12.0. The highest BCUT2D eigenvalue weighted by Crippen LogP contribution is 2.29. The summed E-state index contributed by atoms with van der Waals surface area (Å²) in [4.78, 5) is 16.2. The summed E-state index contributed by atoms with van der Waals surface area (Å²) in [5, 5.41) is 7.07. The van der Waals surface area contributed by atoms with E-state index in [1.54, 1.807) is 24.4 Å². The molecule has 0 fully saturated rings. The molecule has 1 aromatic heterocycles. The Morgan fingerprint density at radius 1 is 1.08 bits per heavy atom.